The highest BCUT2D eigenvalue weighted by Gasteiger charge is 2.44. The summed E-state index contributed by atoms with van der Waals surface area (Å²) in [5, 5.41) is 54.6. The van der Waals surface area contributed by atoms with Gasteiger partial charge < -0.3 is 40.3 Å². The van der Waals surface area contributed by atoms with Crippen molar-refractivity contribution in [2.45, 2.75) is 339 Å². The molecule has 1 fully saturated rings. The minimum absolute atomic E-state index is 0.183. The lowest BCUT2D eigenvalue weighted by Gasteiger charge is -2.40. The molecule has 0 spiro atoms. The van der Waals surface area contributed by atoms with E-state index in [0.717, 1.165) is 64.2 Å². The fraction of sp³-hybridized carbons (Fsp3) is 0.809. The van der Waals surface area contributed by atoms with Crippen LogP contribution in [0.15, 0.2) is 72.9 Å². The summed E-state index contributed by atoms with van der Waals surface area (Å²) in [7, 11) is 0. The first-order valence-electron chi connectivity index (χ1n) is 32.7. The summed E-state index contributed by atoms with van der Waals surface area (Å²) >= 11 is 0. The van der Waals surface area contributed by atoms with Crippen LogP contribution in [0, 0.1) is 0 Å². The van der Waals surface area contributed by atoms with Crippen molar-refractivity contribution in [1.82, 2.24) is 5.32 Å². The number of amides is 1. The molecule has 77 heavy (non-hydrogen) atoms. The molecule has 7 unspecified atom stereocenters. The van der Waals surface area contributed by atoms with E-state index in [-0.39, 0.29) is 12.5 Å². The molecule has 7 atom stereocenters. The minimum atomic E-state index is -1.57. The predicted octanol–water partition coefficient (Wildman–Crippen LogP) is 17.2. The van der Waals surface area contributed by atoms with E-state index >= 15 is 0 Å². The number of hydrogen-bond acceptors (Lipinski definition) is 8. The largest absolute Gasteiger partial charge is 0.394 e. The maximum absolute atomic E-state index is 13.1. The van der Waals surface area contributed by atoms with E-state index in [9.17, 15) is 30.3 Å². The van der Waals surface area contributed by atoms with Gasteiger partial charge in [-0.2, -0.15) is 0 Å². The van der Waals surface area contributed by atoms with Crippen LogP contribution < -0.4 is 5.32 Å². The van der Waals surface area contributed by atoms with Crippen LogP contribution in [0.4, 0.5) is 0 Å². The van der Waals surface area contributed by atoms with Crippen LogP contribution in [0.25, 0.3) is 0 Å². The summed E-state index contributed by atoms with van der Waals surface area (Å²) in [5.74, 6) is -0.183. The first kappa shape index (κ1) is 72.6. The summed E-state index contributed by atoms with van der Waals surface area (Å²) in [6.45, 7) is 3.68. The Hall–Kier alpha value is -2.37. The van der Waals surface area contributed by atoms with E-state index in [1.165, 1.54) is 212 Å². The van der Waals surface area contributed by atoms with E-state index in [2.05, 4.69) is 79.9 Å². The van der Waals surface area contributed by atoms with Gasteiger partial charge in [0.15, 0.2) is 6.29 Å². The predicted molar refractivity (Wildman–Crippen MR) is 327 cm³/mol. The molecule has 6 N–H and O–H groups in total. The first-order chi connectivity index (χ1) is 37.8. The Kier molecular flexibility index (Phi) is 53.7. The summed E-state index contributed by atoms with van der Waals surface area (Å²) in [5.41, 5.74) is 0. The highest BCUT2D eigenvalue weighted by atomic mass is 16.7. The van der Waals surface area contributed by atoms with Crippen LogP contribution in [0.2, 0.25) is 0 Å². The molecule has 0 aromatic rings. The SMILES string of the molecule is CC/C=C\C/C=C\C/C=C\C/C=C\CCCCCCCCCCCCCCCCCCCCCCC(=O)NC(COC1OC(CO)C(O)C(O)C1O)C(O)/C=C/CC/C=C/CCCCCCCCCCCCCCCCC. The molecule has 1 aliphatic heterocycles. The summed E-state index contributed by atoms with van der Waals surface area (Å²) in [6.07, 6.45) is 72.8. The Morgan fingerprint density at radius 1 is 0.455 bits per heavy atom. The number of ether oxygens (including phenoxy) is 2. The molecule has 0 aromatic carbocycles. The molecule has 1 amide bonds. The molecule has 1 rings (SSSR count). The molecule has 9 heteroatoms. The molecule has 1 aliphatic rings. The molecule has 0 bridgehead atoms. The number of allylic oxidation sites excluding steroid dienone is 11. The quantitative estimate of drug-likeness (QED) is 0.0261. The average Bonchev–Trinajstić information content (AvgIpc) is 3.43. The van der Waals surface area contributed by atoms with Gasteiger partial charge in [0.1, 0.15) is 24.4 Å². The zero-order valence-electron chi connectivity index (χ0n) is 50.0. The molecule has 1 saturated heterocycles. The van der Waals surface area contributed by atoms with Gasteiger partial charge in [-0.25, -0.2) is 0 Å². The molecule has 1 heterocycles. The van der Waals surface area contributed by atoms with Crippen molar-refractivity contribution < 1.29 is 39.8 Å². The van der Waals surface area contributed by atoms with Gasteiger partial charge in [-0.1, -0.05) is 292 Å². The van der Waals surface area contributed by atoms with Crippen LogP contribution in [0.1, 0.15) is 296 Å². The summed E-state index contributed by atoms with van der Waals surface area (Å²) in [6, 6.07) is -0.824. The van der Waals surface area contributed by atoms with Crippen LogP contribution in [0.5, 0.6) is 0 Å². The molecule has 0 radical (unpaired) electrons. The molecule has 9 nitrogen and oxygen atoms in total. The third-order valence-electron chi connectivity index (χ3n) is 15.3. The monoisotopic (exact) mass is 1080 g/mol. The van der Waals surface area contributed by atoms with Gasteiger partial charge in [0.25, 0.3) is 0 Å². The van der Waals surface area contributed by atoms with Gasteiger partial charge >= 0.3 is 0 Å². The van der Waals surface area contributed by atoms with Crippen molar-refractivity contribution in [2.24, 2.45) is 0 Å². The van der Waals surface area contributed by atoms with Gasteiger partial charge in [0, 0.05) is 6.42 Å². The highest BCUT2D eigenvalue weighted by molar-refractivity contribution is 5.76. The Morgan fingerprint density at radius 2 is 0.818 bits per heavy atom. The molecule has 0 aliphatic carbocycles. The van der Waals surface area contributed by atoms with Crippen LogP contribution in [-0.2, 0) is 14.3 Å². The molecule has 0 aromatic heterocycles. The minimum Gasteiger partial charge on any atom is -0.394 e. The maximum Gasteiger partial charge on any atom is 0.220 e. The zero-order valence-corrected chi connectivity index (χ0v) is 50.0. The first-order valence-corrected chi connectivity index (χ1v) is 32.7. The number of rotatable bonds is 56. The number of nitrogens with one attached hydrogen (secondary N) is 1. The zero-order chi connectivity index (χ0) is 55.8. The van der Waals surface area contributed by atoms with Gasteiger partial charge in [-0.15, -0.1) is 0 Å². The second kappa shape index (κ2) is 56.9. The van der Waals surface area contributed by atoms with Crippen LogP contribution >= 0.6 is 0 Å². The Morgan fingerprint density at radius 3 is 1.25 bits per heavy atom. The van der Waals surface area contributed by atoms with Gasteiger partial charge in [-0.3, -0.25) is 4.79 Å². The summed E-state index contributed by atoms with van der Waals surface area (Å²) in [4.78, 5) is 13.1. The van der Waals surface area contributed by atoms with Gasteiger partial charge in [0.2, 0.25) is 5.91 Å². The molecular formula is C68H123NO8. The number of aliphatic hydroxyl groups is 5. The average molecular weight is 1080 g/mol. The molecular weight excluding hydrogens is 959 g/mol. The molecule has 0 saturated carbocycles. The fourth-order valence-corrected chi connectivity index (χ4v) is 10.2. The van der Waals surface area contributed by atoms with Crippen molar-refractivity contribution in [1.29, 1.82) is 0 Å². The number of aliphatic hydroxyl groups excluding tert-OH is 5. The lowest BCUT2D eigenvalue weighted by Crippen LogP contribution is -2.60. The maximum atomic E-state index is 13.1. The standard InChI is InChI=1S/C68H123NO8/c1-3-5-7-9-11-13-15-17-19-21-23-25-26-27-28-29-30-31-32-33-34-35-36-38-40-42-44-46-48-50-52-54-56-58-64(72)69-61(60-76-68-67(75)66(74)65(73)63(59-70)77-68)62(71)57-55-53-51-49-47-45-43-41-39-37-24-22-20-18-16-14-12-10-8-6-4-2/h5,7,11,13,17,19,23,25,47,49,55,57,61-63,65-68,70-71,73-75H,3-4,6,8-10,12,14-16,18,20-22,24,26-46,48,50-54,56,58-60H2,1-2H3,(H,69,72)/b7-5-,13-11-,19-17-,25-23-,49-47+,57-55+. The van der Waals surface area contributed by atoms with E-state index in [1.807, 2.05) is 6.08 Å². The second-order valence-corrected chi connectivity index (χ2v) is 22.5. The highest BCUT2D eigenvalue weighted by Crippen LogP contribution is 2.23. The van der Waals surface area contributed by atoms with E-state index in [4.69, 9.17) is 9.47 Å². The van der Waals surface area contributed by atoms with E-state index < -0.39 is 49.5 Å². The van der Waals surface area contributed by atoms with Gasteiger partial charge in [-0.05, 0) is 70.6 Å². The fourth-order valence-electron chi connectivity index (χ4n) is 10.2. The Bertz CT molecular complexity index is 1440. The lowest BCUT2D eigenvalue weighted by molar-refractivity contribution is -0.302. The third-order valence-corrected chi connectivity index (χ3v) is 15.3. The van der Waals surface area contributed by atoms with E-state index in [1.54, 1.807) is 6.08 Å². The third kappa shape index (κ3) is 46.0. The van der Waals surface area contributed by atoms with Crippen molar-refractivity contribution >= 4 is 5.91 Å². The van der Waals surface area contributed by atoms with Crippen LogP contribution in [0.3, 0.4) is 0 Å². The van der Waals surface area contributed by atoms with Gasteiger partial charge in [0.05, 0.1) is 25.4 Å². The topological polar surface area (TPSA) is 149 Å². The van der Waals surface area contributed by atoms with Crippen molar-refractivity contribution in [2.75, 3.05) is 13.2 Å². The molecule has 448 valence electrons. The van der Waals surface area contributed by atoms with Crippen molar-refractivity contribution in [3.05, 3.63) is 72.9 Å². The number of hydrogen-bond donors (Lipinski definition) is 6. The smallest absolute Gasteiger partial charge is 0.220 e. The summed E-state index contributed by atoms with van der Waals surface area (Å²) < 4.78 is 11.3. The number of carbonyl (C=O) groups excluding carboxylic acids is 1. The van der Waals surface area contributed by atoms with Crippen molar-refractivity contribution in [3.8, 4) is 0 Å². The normalized spacial score (nSPS) is 19.2. The Labute approximate surface area is 474 Å². The van der Waals surface area contributed by atoms with E-state index in [0.29, 0.717) is 6.42 Å². The number of unbranched alkanes of at least 4 members (excludes halogenated alkanes) is 36. The second-order valence-electron chi connectivity index (χ2n) is 22.5. The van der Waals surface area contributed by atoms with Crippen molar-refractivity contribution in [3.63, 3.8) is 0 Å². The number of carbonyl (C=O) groups is 1. The van der Waals surface area contributed by atoms with Crippen LogP contribution in [-0.4, -0.2) is 87.5 Å². The lowest BCUT2D eigenvalue weighted by atomic mass is 9.99. The Balaban J connectivity index is 2.15.